The van der Waals surface area contributed by atoms with Gasteiger partial charge in [-0.15, -0.1) is 0 Å². The molecule has 6 nitrogen and oxygen atoms in total. The largest absolute Gasteiger partial charge is 0.396 e. The highest BCUT2D eigenvalue weighted by Crippen LogP contribution is 2.29. The van der Waals surface area contributed by atoms with E-state index in [4.69, 9.17) is 4.98 Å². The standard InChI is InChI=1S/C17H19N5O/c23-11-12-2-1-9-22(10-12)17-14-5-8-19-16(14)20-15(21-17)13-3-6-18-7-4-13/h3-8,12,23H,1-2,9-11H2,(H,19,20,21)/t12-/m1/s1. The Hall–Kier alpha value is -2.47. The number of H-pyrrole nitrogens is 1. The molecule has 0 radical (unpaired) electrons. The Labute approximate surface area is 134 Å². The Morgan fingerprint density at radius 3 is 2.91 bits per heavy atom. The number of aliphatic hydroxyl groups excluding tert-OH is 1. The first kappa shape index (κ1) is 14.1. The number of aromatic nitrogens is 4. The van der Waals surface area contributed by atoms with Crippen LogP contribution in [0.25, 0.3) is 22.4 Å². The minimum atomic E-state index is 0.231. The molecular weight excluding hydrogens is 290 g/mol. The summed E-state index contributed by atoms with van der Waals surface area (Å²) in [4.78, 5) is 19.0. The number of hydrogen-bond donors (Lipinski definition) is 2. The molecule has 1 fully saturated rings. The molecule has 0 spiro atoms. The molecule has 3 aromatic rings. The molecule has 0 amide bonds. The van der Waals surface area contributed by atoms with Crippen LogP contribution in [-0.2, 0) is 0 Å². The molecule has 0 bridgehead atoms. The number of fused-ring (bicyclic) bond motifs is 1. The van der Waals surface area contributed by atoms with Crippen LogP contribution in [0.1, 0.15) is 12.8 Å². The maximum Gasteiger partial charge on any atom is 0.164 e. The lowest BCUT2D eigenvalue weighted by Crippen LogP contribution is -2.37. The zero-order chi connectivity index (χ0) is 15.6. The number of aromatic amines is 1. The summed E-state index contributed by atoms with van der Waals surface area (Å²) in [5, 5.41) is 10.5. The van der Waals surface area contributed by atoms with Crippen LogP contribution in [0, 0.1) is 5.92 Å². The molecule has 3 aromatic heterocycles. The van der Waals surface area contributed by atoms with Gasteiger partial charge in [0.2, 0.25) is 0 Å². The van der Waals surface area contributed by atoms with Crippen molar-refractivity contribution in [1.82, 2.24) is 19.9 Å². The number of nitrogens with one attached hydrogen (secondary N) is 1. The van der Waals surface area contributed by atoms with Crippen molar-refractivity contribution in [3.63, 3.8) is 0 Å². The van der Waals surface area contributed by atoms with Crippen LogP contribution in [0.3, 0.4) is 0 Å². The second-order valence-electron chi connectivity index (χ2n) is 5.98. The molecule has 0 aromatic carbocycles. The normalized spacial score (nSPS) is 18.5. The van der Waals surface area contributed by atoms with Crippen LogP contribution in [0.2, 0.25) is 0 Å². The van der Waals surface area contributed by atoms with Gasteiger partial charge in [0.05, 0.1) is 5.39 Å². The predicted molar refractivity (Wildman–Crippen MR) is 89.1 cm³/mol. The van der Waals surface area contributed by atoms with E-state index in [1.165, 1.54) is 0 Å². The molecule has 2 N–H and O–H groups in total. The average molecular weight is 309 g/mol. The van der Waals surface area contributed by atoms with Gasteiger partial charge in [0, 0.05) is 43.9 Å². The van der Waals surface area contributed by atoms with E-state index in [1.807, 2.05) is 24.4 Å². The van der Waals surface area contributed by atoms with E-state index in [0.717, 1.165) is 48.3 Å². The van der Waals surface area contributed by atoms with Crippen molar-refractivity contribution < 1.29 is 5.11 Å². The van der Waals surface area contributed by atoms with Crippen molar-refractivity contribution in [1.29, 1.82) is 0 Å². The van der Waals surface area contributed by atoms with Gasteiger partial charge in [-0.25, -0.2) is 9.97 Å². The molecule has 6 heteroatoms. The number of anilines is 1. The summed E-state index contributed by atoms with van der Waals surface area (Å²) in [6, 6.07) is 5.85. The van der Waals surface area contributed by atoms with Gasteiger partial charge in [-0.1, -0.05) is 0 Å². The number of rotatable bonds is 3. The number of piperidine rings is 1. The Kier molecular flexibility index (Phi) is 3.67. The van der Waals surface area contributed by atoms with Gasteiger partial charge in [0.15, 0.2) is 5.82 Å². The maximum atomic E-state index is 9.49. The highest BCUT2D eigenvalue weighted by Gasteiger charge is 2.23. The van der Waals surface area contributed by atoms with E-state index in [2.05, 4.69) is 19.9 Å². The zero-order valence-electron chi connectivity index (χ0n) is 12.8. The third-order valence-electron chi connectivity index (χ3n) is 4.41. The molecule has 1 saturated heterocycles. The molecule has 1 aliphatic heterocycles. The van der Waals surface area contributed by atoms with E-state index < -0.39 is 0 Å². The van der Waals surface area contributed by atoms with Gasteiger partial charge in [-0.05, 0) is 37.0 Å². The first-order chi connectivity index (χ1) is 11.3. The minimum Gasteiger partial charge on any atom is -0.396 e. The number of pyridine rings is 1. The summed E-state index contributed by atoms with van der Waals surface area (Å²) >= 11 is 0. The number of nitrogens with zero attached hydrogens (tertiary/aromatic N) is 4. The molecule has 4 heterocycles. The maximum absolute atomic E-state index is 9.49. The van der Waals surface area contributed by atoms with E-state index in [0.29, 0.717) is 11.7 Å². The van der Waals surface area contributed by atoms with Crippen LogP contribution >= 0.6 is 0 Å². The molecule has 118 valence electrons. The van der Waals surface area contributed by atoms with Crippen LogP contribution in [0.4, 0.5) is 5.82 Å². The van der Waals surface area contributed by atoms with Crippen molar-refractivity contribution in [2.45, 2.75) is 12.8 Å². The summed E-state index contributed by atoms with van der Waals surface area (Å²) in [7, 11) is 0. The summed E-state index contributed by atoms with van der Waals surface area (Å²) < 4.78 is 0. The second-order valence-corrected chi connectivity index (χ2v) is 5.98. The average Bonchev–Trinajstić information content (AvgIpc) is 3.10. The third kappa shape index (κ3) is 2.66. The van der Waals surface area contributed by atoms with Gasteiger partial charge < -0.3 is 15.0 Å². The van der Waals surface area contributed by atoms with Crippen molar-refractivity contribution in [3.8, 4) is 11.4 Å². The van der Waals surface area contributed by atoms with Crippen LogP contribution < -0.4 is 4.90 Å². The van der Waals surface area contributed by atoms with E-state index in [1.54, 1.807) is 12.4 Å². The van der Waals surface area contributed by atoms with E-state index >= 15 is 0 Å². The van der Waals surface area contributed by atoms with Crippen LogP contribution in [-0.4, -0.2) is 44.7 Å². The Morgan fingerprint density at radius 2 is 2.09 bits per heavy atom. The molecule has 1 atom stereocenters. The molecule has 4 rings (SSSR count). The van der Waals surface area contributed by atoms with Crippen LogP contribution in [0.5, 0.6) is 0 Å². The predicted octanol–water partition coefficient (Wildman–Crippen LogP) is 2.23. The van der Waals surface area contributed by atoms with Gasteiger partial charge in [-0.3, -0.25) is 4.98 Å². The third-order valence-corrected chi connectivity index (χ3v) is 4.41. The van der Waals surface area contributed by atoms with Gasteiger partial charge in [-0.2, -0.15) is 0 Å². The molecular formula is C17H19N5O. The van der Waals surface area contributed by atoms with Gasteiger partial charge in [0.25, 0.3) is 0 Å². The lowest BCUT2D eigenvalue weighted by molar-refractivity contribution is 0.208. The van der Waals surface area contributed by atoms with Crippen molar-refractivity contribution in [2.24, 2.45) is 5.92 Å². The topological polar surface area (TPSA) is 77.9 Å². The molecule has 0 unspecified atom stereocenters. The van der Waals surface area contributed by atoms with Crippen molar-refractivity contribution >= 4 is 16.9 Å². The van der Waals surface area contributed by atoms with Crippen molar-refractivity contribution in [3.05, 3.63) is 36.8 Å². The fraction of sp³-hybridized carbons (Fsp3) is 0.353. The first-order valence-electron chi connectivity index (χ1n) is 7.96. The summed E-state index contributed by atoms with van der Waals surface area (Å²) in [6.45, 7) is 2.03. The van der Waals surface area contributed by atoms with Crippen LogP contribution in [0.15, 0.2) is 36.8 Å². The van der Waals surface area contributed by atoms with E-state index in [9.17, 15) is 5.11 Å². The second kappa shape index (κ2) is 5.96. The highest BCUT2D eigenvalue weighted by molar-refractivity contribution is 5.89. The van der Waals surface area contributed by atoms with Crippen molar-refractivity contribution in [2.75, 3.05) is 24.6 Å². The summed E-state index contributed by atoms with van der Waals surface area (Å²) in [5.41, 5.74) is 1.79. The Morgan fingerprint density at radius 1 is 1.22 bits per heavy atom. The number of hydrogen-bond acceptors (Lipinski definition) is 5. The fourth-order valence-corrected chi connectivity index (χ4v) is 3.20. The minimum absolute atomic E-state index is 0.231. The highest BCUT2D eigenvalue weighted by atomic mass is 16.3. The quantitative estimate of drug-likeness (QED) is 0.776. The van der Waals surface area contributed by atoms with Gasteiger partial charge in [0.1, 0.15) is 11.5 Å². The Balaban J connectivity index is 1.80. The molecule has 0 saturated carbocycles. The monoisotopic (exact) mass is 309 g/mol. The summed E-state index contributed by atoms with van der Waals surface area (Å²) in [6.07, 6.45) is 7.55. The SMILES string of the molecule is OC[C@@H]1CCCN(c2nc(-c3ccncc3)nc3[nH]ccc23)C1. The summed E-state index contributed by atoms with van der Waals surface area (Å²) in [5.74, 6) is 1.96. The molecule has 1 aliphatic rings. The molecule has 0 aliphatic carbocycles. The lowest BCUT2D eigenvalue weighted by atomic mass is 9.99. The van der Waals surface area contributed by atoms with Gasteiger partial charge >= 0.3 is 0 Å². The first-order valence-corrected chi connectivity index (χ1v) is 7.96. The fourth-order valence-electron chi connectivity index (χ4n) is 3.20. The van der Waals surface area contributed by atoms with E-state index in [-0.39, 0.29) is 6.61 Å². The lowest BCUT2D eigenvalue weighted by Gasteiger charge is -2.33. The smallest absolute Gasteiger partial charge is 0.164 e. The number of aliphatic hydroxyl groups is 1. The zero-order valence-corrected chi connectivity index (χ0v) is 12.8. The Bertz CT molecular complexity index is 801. The molecule has 23 heavy (non-hydrogen) atoms.